The minimum Gasteiger partial charge on any atom is -0.467 e. The van der Waals surface area contributed by atoms with Gasteiger partial charge in [0.2, 0.25) is 17.8 Å². The van der Waals surface area contributed by atoms with Crippen LogP contribution >= 0.6 is 0 Å². The van der Waals surface area contributed by atoms with Crippen LogP contribution in [-0.4, -0.2) is 34.5 Å². The second kappa shape index (κ2) is 5.66. The molecule has 9 heteroatoms. The minimum absolute atomic E-state index is 0.115. The van der Waals surface area contributed by atoms with E-state index in [0.29, 0.717) is 6.54 Å². The van der Waals surface area contributed by atoms with E-state index in [1.807, 2.05) is 0 Å². The average Bonchev–Trinajstić information content (AvgIpc) is 2.28. The molecule has 0 aromatic carbocycles. The molecule has 1 aromatic rings. The Bertz CT molecular complexity index is 348. The molecular formula is C7H13N7O2. The third-order valence-electron chi connectivity index (χ3n) is 1.58. The van der Waals surface area contributed by atoms with E-state index in [1.54, 1.807) is 0 Å². The Hall–Kier alpha value is -2.16. The van der Waals surface area contributed by atoms with Crippen LogP contribution in [0, 0.1) is 0 Å². The fourth-order valence-electron chi connectivity index (χ4n) is 0.889. The van der Waals surface area contributed by atoms with E-state index in [-0.39, 0.29) is 24.3 Å². The molecular weight excluding hydrogens is 214 g/mol. The van der Waals surface area contributed by atoms with Gasteiger partial charge in [0.05, 0.1) is 7.11 Å². The van der Waals surface area contributed by atoms with Crippen LogP contribution in [0.1, 0.15) is 6.42 Å². The Labute approximate surface area is 91.6 Å². The lowest BCUT2D eigenvalue weighted by atomic mass is 10.4. The molecule has 1 aromatic heterocycles. The first-order valence-electron chi connectivity index (χ1n) is 4.44. The summed E-state index contributed by atoms with van der Waals surface area (Å²) in [6.45, 7) is 0.326. The topological polar surface area (TPSA) is 141 Å². The number of aromatic nitrogens is 3. The Morgan fingerprint density at radius 2 is 2.06 bits per heavy atom. The molecule has 0 atom stereocenters. The van der Waals surface area contributed by atoms with Crippen molar-refractivity contribution >= 4 is 17.8 Å². The van der Waals surface area contributed by atoms with Gasteiger partial charge in [-0.15, -0.1) is 0 Å². The SMILES string of the molecule is COc1nc(NN)nc(NCCC(N)=O)n1. The predicted molar refractivity (Wildman–Crippen MR) is 56.5 cm³/mol. The van der Waals surface area contributed by atoms with E-state index in [1.165, 1.54) is 7.11 Å². The van der Waals surface area contributed by atoms with E-state index in [9.17, 15) is 4.79 Å². The Morgan fingerprint density at radius 1 is 1.38 bits per heavy atom. The predicted octanol–water partition coefficient (Wildman–Crippen LogP) is -1.55. The number of amides is 1. The summed E-state index contributed by atoms with van der Waals surface area (Å²) >= 11 is 0. The highest BCUT2D eigenvalue weighted by Crippen LogP contribution is 2.09. The van der Waals surface area contributed by atoms with Crippen molar-refractivity contribution in [3.63, 3.8) is 0 Å². The largest absolute Gasteiger partial charge is 0.467 e. The van der Waals surface area contributed by atoms with E-state index >= 15 is 0 Å². The lowest BCUT2D eigenvalue weighted by Crippen LogP contribution is -2.18. The van der Waals surface area contributed by atoms with Crippen molar-refractivity contribution in [2.45, 2.75) is 6.42 Å². The van der Waals surface area contributed by atoms with Crippen LogP contribution in [-0.2, 0) is 4.79 Å². The van der Waals surface area contributed by atoms with Crippen LogP contribution in [0.3, 0.4) is 0 Å². The summed E-state index contributed by atoms with van der Waals surface area (Å²) in [4.78, 5) is 22.1. The van der Waals surface area contributed by atoms with Gasteiger partial charge in [-0.25, -0.2) is 5.84 Å². The summed E-state index contributed by atoms with van der Waals surface area (Å²) in [6, 6.07) is 0.115. The number of hydrogen-bond donors (Lipinski definition) is 4. The number of nitrogens with two attached hydrogens (primary N) is 2. The lowest BCUT2D eigenvalue weighted by Gasteiger charge is -2.06. The van der Waals surface area contributed by atoms with Crippen LogP contribution < -0.4 is 27.1 Å². The van der Waals surface area contributed by atoms with Crippen molar-refractivity contribution in [1.29, 1.82) is 0 Å². The molecule has 0 aliphatic heterocycles. The summed E-state index contributed by atoms with van der Waals surface area (Å²) in [5.41, 5.74) is 7.25. The molecule has 0 radical (unpaired) electrons. The molecule has 1 amide bonds. The number of nitrogens with one attached hydrogen (secondary N) is 2. The minimum atomic E-state index is -0.411. The third-order valence-corrected chi connectivity index (χ3v) is 1.58. The number of primary amides is 1. The molecule has 0 fully saturated rings. The molecule has 0 bridgehead atoms. The standard InChI is InChI=1S/C7H13N7O2/c1-16-7-12-5(10-3-2-4(8)15)11-6(13-7)14-9/h2-3,9H2,1H3,(H2,8,15)(H2,10,11,12,13,14). The molecule has 1 rings (SSSR count). The number of carbonyl (C=O) groups excluding carboxylic acids is 1. The first kappa shape index (κ1) is 11.9. The molecule has 0 saturated carbocycles. The summed E-state index contributed by atoms with van der Waals surface area (Å²) < 4.78 is 4.84. The van der Waals surface area contributed by atoms with E-state index in [2.05, 4.69) is 25.7 Å². The second-order valence-corrected chi connectivity index (χ2v) is 2.76. The molecule has 0 spiro atoms. The Kier molecular flexibility index (Phi) is 4.21. The molecule has 0 unspecified atom stereocenters. The van der Waals surface area contributed by atoms with Crippen molar-refractivity contribution in [2.24, 2.45) is 11.6 Å². The highest BCUT2D eigenvalue weighted by Gasteiger charge is 2.05. The third kappa shape index (κ3) is 3.53. The fraction of sp³-hybridized carbons (Fsp3) is 0.429. The number of nitrogens with zero attached hydrogens (tertiary/aromatic N) is 3. The maximum absolute atomic E-state index is 10.5. The van der Waals surface area contributed by atoms with E-state index in [4.69, 9.17) is 16.3 Å². The molecule has 1 heterocycles. The normalized spacial score (nSPS) is 9.62. The zero-order valence-corrected chi connectivity index (χ0v) is 8.73. The van der Waals surface area contributed by atoms with Crippen LogP contribution in [0.4, 0.5) is 11.9 Å². The molecule has 0 aliphatic rings. The first-order chi connectivity index (χ1) is 7.65. The van der Waals surface area contributed by atoms with Gasteiger partial charge in [0.15, 0.2) is 0 Å². The highest BCUT2D eigenvalue weighted by atomic mass is 16.5. The van der Waals surface area contributed by atoms with Crippen molar-refractivity contribution in [2.75, 3.05) is 24.4 Å². The molecule has 0 saturated heterocycles. The van der Waals surface area contributed by atoms with Crippen LogP contribution in [0.5, 0.6) is 6.01 Å². The molecule has 16 heavy (non-hydrogen) atoms. The first-order valence-corrected chi connectivity index (χ1v) is 4.44. The quantitative estimate of drug-likeness (QED) is 0.338. The number of ether oxygens (including phenoxy) is 1. The average molecular weight is 227 g/mol. The summed E-state index contributed by atoms with van der Waals surface area (Å²) in [6.07, 6.45) is 0.180. The molecule has 0 aliphatic carbocycles. The van der Waals surface area contributed by atoms with Gasteiger partial charge in [-0.1, -0.05) is 0 Å². The van der Waals surface area contributed by atoms with Gasteiger partial charge in [0.25, 0.3) is 0 Å². The maximum Gasteiger partial charge on any atom is 0.322 e. The van der Waals surface area contributed by atoms with Gasteiger partial charge in [-0.2, -0.15) is 15.0 Å². The lowest BCUT2D eigenvalue weighted by molar-refractivity contribution is -0.117. The number of nitrogen functional groups attached to an aromatic ring is 1. The summed E-state index contributed by atoms with van der Waals surface area (Å²) in [5.74, 6) is 5.16. The molecule has 88 valence electrons. The van der Waals surface area contributed by atoms with Gasteiger partial charge < -0.3 is 15.8 Å². The number of anilines is 2. The van der Waals surface area contributed by atoms with E-state index < -0.39 is 5.91 Å². The highest BCUT2D eigenvalue weighted by molar-refractivity contribution is 5.74. The maximum atomic E-state index is 10.5. The van der Waals surface area contributed by atoms with Gasteiger partial charge in [0.1, 0.15) is 0 Å². The van der Waals surface area contributed by atoms with Crippen LogP contribution in [0.15, 0.2) is 0 Å². The zero-order valence-electron chi connectivity index (χ0n) is 8.73. The molecule has 9 nitrogen and oxygen atoms in total. The Balaban J connectivity index is 2.67. The summed E-state index contributed by atoms with van der Waals surface area (Å²) in [5, 5.41) is 2.79. The number of rotatable bonds is 6. The fourth-order valence-corrected chi connectivity index (χ4v) is 0.889. The van der Waals surface area contributed by atoms with Crippen molar-refractivity contribution in [1.82, 2.24) is 15.0 Å². The number of hydrazine groups is 1. The smallest absolute Gasteiger partial charge is 0.322 e. The van der Waals surface area contributed by atoms with Gasteiger partial charge >= 0.3 is 6.01 Å². The van der Waals surface area contributed by atoms with Gasteiger partial charge in [-0.3, -0.25) is 10.2 Å². The zero-order chi connectivity index (χ0) is 12.0. The Morgan fingerprint density at radius 3 is 2.62 bits per heavy atom. The summed E-state index contributed by atoms with van der Waals surface area (Å²) in [7, 11) is 1.42. The van der Waals surface area contributed by atoms with Crippen molar-refractivity contribution in [3.8, 4) is 6.01 Å². The van der Waals surface area contributed by atoms with E-state index in [0.717, 1.165) is 0 Å². The van der Waals surface area contributed by atoms with Gasteiger partial charge in [0, 0.05) is 13.0 Å². The van der Waals surface area contributed by atoms with Crippen molar-refractivity contribution < 1.29 is 9.53 Å². The second-order valence-electron chi connectivity index (χ2n) is 2.76. The number of methoxy groups -OCH3 is 1. The van der Waals surface area contributed by atoms with Gasteiger partial charge in [-0.05, 0) is 0 Å². The number of hydrogen-bond acceptors (Lipinski definition) is 8. The van der Waals surface area contributed by atoms with Crippen LogP contribution in [0.25, 0.3) is 0 Å². The van der Waals surface area contributed by atoms with Crippen LogP contribution in [0.2, 0.25) is 0 Å². The molecule has 6 N–H and O–H groups in total. The van der Waals surface area contributed by atoms with Crippen molar-refractivity contribution in [3.05, 3.63) is 0 Å². The monoisotopic (exact) mass is 227 g/mol. The number of carbonyl (C=O) groups is 1.